The van der Waals surface area contributed by atoms with Gasteiger partial charge in [0.15, 0.2) is 0 Å². The number of aromatic nitrogens is 1. The Hall–Kier alpha value is -3.03. The number of nitrogens with one attached hydrogen (secondary N) is 2. The van der Waals surface area contributed by atoms with Crippen LogP contribution >= 0.6 is 0 Å². The molecule has 1 aromatic heterocycles. The number of carbonyl (C=O) groups excluding carboxylic acids is 1. The summed E-state index contributed by atoms with van der Waals surface area (Å²) in [7, 11) is 0. The summed E-state index contributed by atoms with van der Waals surface area (Å²) in [6.07, 6.45) is 3.65. The van der Waals surface area contributed by atoms with Crippen molar-refractivity contribution in [1.29, 1.82) is 0 Å². The molecule has 0 spiro atoms. The van der Waals surface area contributed by atoms with Gasteiger partial charge >= 0.3 is 0 Å². The number of carbonyl (C=O) groups is 1. The Morgan fingerprint density at radius 1 is 1.19 bits per heavy atom. The van der Waals surface area contributed by atoms with Gasteiger partial charge in [0.1, 0.15) is 11.6 Å². The predicted octanol–water partition coefficient (Wildman–Crippen LogP) is 3.74. The Bertz CT molecular complexity index is 1080. The van der Waals surface area contributed by atoms with E-state index >= 15 is 0 Å². The zero-order chi connectivity index (χ0) is 21.8. The van der Waals surface area contributed by atoms with E-state index in [2.05, 4.69) is 15.6 Å². The van der Waals surface area contributed by atoms with E-state index in [9.17, 15) is 14.3 Å². The van der Waals surface area contributed by atoms with Crippen LogP contribution in [-0.4, -0.2) is 41.9 Å². The average molecular weight is 423 g/mol. The average Bonchev–Trinajstić information content (AvgIpc) is 2.79. The molecule has 2 heterocycles. The highest BCUT2D eigenvalue weighted by Gasteiger charge is 2.17. The van der Waals surface area contributed by atoms with E-state index in [-0.39, 0.29) is 18.3 Å². The molecule has 1 aliphatic rings. The second-order valence-electron chi connectivity index (χ2n) is 7.88. The third-order valence-electron chi connectivity index (χ3n) is 5.64. The fraction of sp³-hybridized carbons (Fsp3) is 0.333. The second-order valence-corrected chi connectivity index (χ2v) is 7.88. The van der Waals surface area contributed by atoms with Crippen molar-refractivity contribution < 1.29 is 19.0 Å². The number of anilines is 1. The summed E-state index contributed by atoms with van der Waals surface area (Å²) in [5.74, 6) is 0.0611. The highest BCUT2D eigenvalue weighted by Crippen LogP contribution is 2.22. The van der Waals surface area contributed by atoms with E-state index in [4.69, 9.17) is 4.74 Å². The maximum Gasteiger partial charge on any atom is 0.251 e. The van der Waals surface area contributed by atoms with Gasteiger partial charge in [0.05, 0.1) is 12.6 Å². The molecule has 0 bridgehead atoms. The Kier molecular flexibility index (Phi) is 6.44. The number of hydrogen-bond donors (Lipinski definition) is 3. The Morgan fingerprint density at radius 3 is 2.74 bits per heavy atom. The second kappa shape index (κ2) is 9.41. The van der Waals surface area contributed by atoms with Gasteiger partial charge in [-0.2, -0.15) is 0 Å². The van der Waals surface area contributed by atoms with E-state index in [1.165, 1.54) is 6.07 Å². The first-order valence-electron chi connectivity index (χ1n) is 10.5. The minimum atomic E-state index is -0.693. The van der Waals surface area contributed by atoms with Gasteiger partial charge in [0, 0.05) is 36.4 Å². The lowest BCUT2D eigenvalue weighted by atomic mass is 10.0. The van der Waals surface area contributed by atoms with Crippen LogP contribution < -0.4 is 10.6 Å². The molecule has 1 atom stereocenters. The molecule has 6 nitrogen and oxygen atoms in total. The van der Waals surface area contributed by atoms with Gasteiger partial charge in [-0.15, -0.1) is 0 Å². The number of hydrogen-bond acceptors (Lipinski definition) is 5. The number of aryl methyl sites for hydroxylation is 1. The fourth-order valence-electron chi connectivity index (χ4n) is 3.71. The monoisotopic (exact) mass is 423 g/mol. The van der Waals surface area contributed by atoms with Crippen LogP contribution in [0.15, 0.2) is 48.7 Å². The van der Waals surface area contributed by atoms with Gasteiger partial charge in [0.25, 0.3) is 5.91 Å². The number of fused-ring (bicyclic) bond motifs is 1. The molecule has 3 aromatic rings. The molecular weight excluding hydrogens is 397 g/mol. The number of nitrogens with zero attached hydrogens (tertiary/aromatic N) is 1. The number of rotatable bonds is 6. The predicted molar refractivity (Wildman–Crippen MR) is 118 cm³/mol. The van der Waals surface area contributed by atoms with Gasteiger partial charge in [-0.3, -0.25) is 4.79 Å². The number of pyridine rings is 1. The number of aliphatic hydroxyl groups excluding tert-OH is 1. The molecule has 1 saturated heterocycles. The molecule has 1 fully saturated rings. The number of aliphatic hydroxyl groups is 1. The molecule has 2 aromatic carbocycles. The molecule has 162 valence electrons. The molecule has 0 radical (unpaired) electrons. The van der Waals surface area contributed by atoms with Crippen molar-refractivity contribution in [2.24, 2.45) is 0 Å². The number of benzene rings is 2. The summed E-state index contributed by atoms with van der Waals surface area (Å²) in [6.45, 7) is 2.82. The van der Waals surface area contributed by atoms with Crippen LogP contribution in [0.2, 0.25) is 0 Å². The molecule has 31 heavy (non-hydrogen) atoms. The third kappa shape index (κ3) is 5.00. The maximum atomic E-state index is 13.9. The van der Waals surface area contributed by atoms with Crippen LogP contribution in [0.1, 0.15) is 40.4 Å². The largest absolute Gasteiger partial charge is 0.394 e. The van der Waals surface area contributed by atoms with Crippen LogP contribution in [0.25, 0.3) is 10.8 Å². The number of halogens is 1. The first kappa shape index (κ1) is 21.2. The minimum Gasteiger partial charge on any atom is -0.394 e. The summed E-state index contributed by atoms with van der Waals surface area (Å²) in [5.41, 5.74) is 1.49. The van der Waals surface area contributed by atoms with Crippen molar-refractivity contribution in [2.75, 3.05) is 25.1 Å². The molecule has 0 aliphatic carbocycles. The van der Waals surface area contributed by atoms with Gasteiger partial charge in [0.2, 0.25) is 0 Å². The van der Waals surface area contributed by atoms with Crippen LogP contribution in [0.4, 0.5) is 10.2 Å². The zero-order valence-corrected chi connectivity index (χ0v) is 17.4. The van der Waals surface area contributed by atoms with Gasteiger partial charge in [-0.25, -0.2) is 9.37 Å². The zero-order valence-electron chi connectivity index (χ0n) is 17.4. The SMILES string of the molecule is Cc1ccc([C@@H](CO)NC(=O)c2ccc3cnc(NC4CCOCC4)cc3c2)cc1F. The normalized spacial score (nSPS) is 15.6. The van der Waals surface area contributed by atoms with Crippen LogP contribution in [-0.2, 0) is 4.74 Å². The Balaban J connectivity index is 1.51. The molecule has 3 N–H and O–H groups in total. The van der Waals surface area contributed by atoms with Crippen molar-refractivity contribution in [2.45, 2.75) is 31.8 Å². The Labute approximate surface area is 180 Å². The molecule has 1 amide bonds. The maximum absolute atomic E-state index is 13.9. The van der Waals surface area contributed by atoms with Crippen LogP contribution in [0.5, 0.6) is 0 Å². The van der Waals surface area contributed by atoms with Gasteiger partial charge in [-0.1, -0.05) is 18.2 Å². The molecule has 0 saturated carbocycles. The fourth-order valence-corrected chi connectivity index (χ4v) is 3.71. The quantitative estimate of drug-likeness (QED) is 0.563. The highest BCUT2D eigenvalue weighted by molar-refractivity contribution is 5.99. The van der Waals surface area contributed by atoms with Crippen molar-refractivity contribution in [1.82, 2.24) is 10.3 Å². The lowest BCUT2D eigenvalue weighted by Crippen LogP contribution is -2.30. The summed E-state index contributed by atoms with van der Waals surface area (Å²) in [6, 6.07) is 11.6. The topological polar surface area (TPSA) is 83.5 Å². The summed E-state index contributed by atoms with van der Waals surface area (Å²) in [5, 5.41) is 17.8. The first-order chi connectivity index (χ1) is 15.0. The van der Waals surface area contributed by atoms with E-state index in [0.717, 1.165) is 42.6 Å². The molecule has 4 rings (SSSR count). The van der Waals surface area contributed by atoms with Gasteiger partial charge in [-0.05, 0) is 60.5 Å². The standard InChI is InChI=1S/C24H26FN3O3/c1-15-2-3-16(11-21(15)25)22(14-29)28-24(30)17-4-5-18-13-26-23(12-19(18)10-17)27-20-6-8-31-9-7-20/h2-5,10-13,20,22,29H,6-9,14H2,1H3,(H,26,27)(H,28,30)/t22-/m1/s1. The summed E-state index contributed by atoms with van der Waals surface area (Å²) < 4.78 is 19.3. The van der Waals surface area contributed by atoms with E-state index < -0.39 is 6.04 Å². The summed E-state index contributed by atoms with van der Waals surface area (Å²) >= 11 is 0. The van der Waals surface area contributed by atoms with Crippen molar-refractivity contribution in [3.63, 3.8) is 0 Å². The van der Waals surface area contributed by atoms with Crippen molar-refractivity contribution in [3.05, 3.63) is 71.2 Å². The van der Waals surface area contributed by atoms with Crippen LogP contribution in [0, 0.1) is 12.7 Å². The minimum absolute atomic E-state index is 0.324. The number of amides is 1. The van der Waals surface area contributed by atoms with Gasteiger partial charge < -0.3 is 20.5 Å². The number of ether oxygens (including phenoxy) is 1. The summed E-state index contributed by atoms with van der Waals surface area (Å²) in [4.78, 5) is 17.3. The lowest BCUT2D eigenvalue weighted by Gasteiger charge is -2.23. The molecule has 1 aliphatic heterocycles. The molecule has 0 unspecified atom stereocenters. The molecule has 7 heteroatoms. The van der Waals surface area contributed by atoms with E-state index in [0.29, 0.717) is 22.7 Å². The third-order valence-corrected chi connectivity index (χ3v) is 5.64. The molecular formula is C24H26FN3O3. The van der Waals surface area contributed by atoms with E-state index in [1.54, 1.807) is 37.4 Å². The van der Waals surface area contributed by atoms with Crippen molar-refractivity contribution >= 4 is 22.5 Å². The lowest BCUT2D eigenvalue weighted by molar-refractivity contribution is 0.0903. The Morgan fingerprint density at radius 2 is 2.00 bits per heavy atom. The highest BCUT2D eigenvalue weighted by atomic mass is 19.1. The first-order valence-corrected chi connectivity index (χ1v) is 10.5. The van der Waals surface area contributed by atoms with Crippen molar-refractivity contribution in [3.8, 4) is 0 Å². The van der Waals surface area contributed by atoms with Crippen LogP contribution in [0.3, 0.4) is 0 Å². The smallest absolute Gasteiger partial charge is 0.251 e. The van der Waals surface area contributed by atoms with E-state index in [1.807, 2.05) is 12.1 Å².